The largest absolute Gasteiger partial charge is 0.386 e. The van der Waals surface area contributed by atoms with Crippen LogP contribution in [0.5, 0.6) is 0 Å². The molecule has 1 aromatic carbocycles. The first-order valence-corrected chi connectivity index (χ1v) is 6.04. The van der Waals surface area contributed by atoms with E-state index in [9.17, 15) is 5.11 Å². The number of benzene rings is 1. The maximum absolute atomic E-state index is 10.4. The lowest BCUT2D eigenvalue weighted by molar-refractivity contribution is -0.133. The molecule has 1 saturated heterocycles. The van der Waals surface area contributed by atoms with E-state index in [-0.39, 0.29) is 6.10 Å². The van der Waals surface area contributed by atoms with Gasteiger partial charge in [-0.05, 0) is 37.5 Å². The highest BCUT2D eigenvalue weighted by molar-refractivity contribution is 5.39. The molecule has 0 aliphatic carbocycles. The summed E-state index contributed by atoms with van der Waals surface area (Å²) in [6.45, 7) is 7.77. The van der Waals surface area contributed by atoms with E-state index in [1.54, 1.807) is 0 Å². The zero-order chi connectivity index (χ0) is 12.4. The number of rotatable bonds is 2. The molecule has 3 heteroatoms. The van der Waals surface area contributed by atoms with Gasteiger partial charge in [-0.3, -0.25) is 0 Å². The van der Waals surface area contributed by atoms with Crippen LogP contribution < -0.4 is 0 Å². The number of ether oxygens (including phenoxy) is 2. The third kappa shape index (κ3) is 2.68. The van der Waals surface area contributed by atoms with Crippen LogP contribution in [-0.4, -0.2) is 31.0 Å². The van der Waals surface area contributed by atoms with E-state index in [2.05, 4.69) is 19.1 Å². The molecule has 0 spiro atoms. The summed E-state index contributed by atoms with van der Waals surface area (Å²) in [6.07, 6.45) is -0.847. The van der Waals surface area contributed by atoms with Gasteiger partial charge in [-0.25, -0.2) is 0 Å². The lowest BCUT2D eigenvalue weighted by atomic mass is 9.93. The first-order chi connectivity index (χ1) is 8.09. The molecule has 94 valence electrons. The minimum Gasteiger partial charge on any atom is -0.386 e. The van der Waals surface area contributed by atoms with Crippen molar-refractivity contribution in [2.24, 2.45) is 0 Å². The van der Waals surface area contributed by atoms with Gasteiger partial charge >= 0.3 is 0 Å². The highest BCUT2D eigenvalue weighted by Gasteiger charge is 2.26. The van der Waals surface area contributed by atoms with Crippen molar-refractivity contribution in [3.05, 3.63) is 34.4 Å². The second kappa shape index (κ2) is 5.17. The molecule has 2 atom stereocenters. The van der Waals surface area contributed by atoms with Gasteiger partial charge in [0.15, 0.2) is 0 Å². The summed E-state index contributed by atoms with van der Waals surface area (Å²) in [7, 11) is 0. The maximum Gasteiger partial charge on any atom is 0.111 e. The van der Waals surface area contributed by atoms with Gasteiger partial charge in [0.05, 0.1) is 19.8 Å². The van der Waals surface area contributed by atoms with Gasteiger partial charge in [0.2, 0.25) is 0 Å². The molecule has 2 rings (SSSR count). The Morgan fingerprint density at radius 2 is 1.82 bits per heavy atom. The molecule has 0 bridgehead atoms. The normalized spacial score (nSPS) is 22.5. The lowest BCUT2D eigenvalue weighted by Gasteiger charge is -2.29. The second-order valence-corrected chi connectivity index (χ2v) is 4.74. The smallest absolute Gasteiger partial charge is 0.111 e. The van der Waals surface area contributed by atoms with Crippen molar-refractivity contribution < 1.29 is 14.6 Å². The highest BCUT2D eigenvalue weighted by Crippen LogP contribution is 2.28. The van der Waals surface area contributed by atoms with Crippen LogP contribution in [0.3, 0.4) is 0 Å². The predicted octanol–water partition coefficient (Wildman–Crippen LogP) is 2.06. The van der Waals surface area contributed by atoms with Gasteiger partial charge in [-0.15, -0.1) is 0 Å². The molecule has 1 heterocycles. The number of aliphatic hydroxyl groups is 1. The van der Waals surface area contributed by atoms with Gasteiger partial charge in [-0.2, -0.15) is 0 Å². The number of hydrogen-bond acceptors (Lipinski definition) is 3. The fourth-order valence-electron chi connectivity index (χ4n) is 2.53. The zero-order valence-corrected chi connectivity index (χ0v) is 10.7. The Labute approximate surface area is 102 Å². The van der Waals surface area contributed by atoms with Crippen LogP contribution in [0.1, 0.15) is 28.4 Å². The van der Waals surface area contributed by atoms with Crippen molar-refractivity contribution in [2.75, 3.05) is 19.8 Å². The van der Waals surface area contributed by atoms with Crippen LogP contribution in [0.2, 0.25) is 0 Å². The van der Waals surface area contributed by atoms with E-state index in [1.807, 2.05) is 13.8 Å². The fraction of sp³-hybridized carbons (Fsp3) is 0.571. The van der Waals surface area contributed by atoms with Crippen LogP contribution >= 0.6 is 0 Å². The van der Waals surface area contributed by atoms with Gasteiger partial charge < -0.3 is 14.6 Å². The molecule has 2 unspecified atom stereocenters. The Morgan fingerprint density at radius 1 is 1.18 bits per heavy atom. The van der Waals surface area contributed by atoms with E-state index >= 15 is 0 Å². The predicted molar refractivity (Wildman–Crippen MR) is 66.2 cm³/mol. The van der Waals surface area contributed by atoms with E-state index in [0.717, 1.165) is 16.7 Å². The van der Waals surface area contributed by atoms with Crippen molar-refractivity contribution in [3.8, 4) is 0 Å². The van der Waals surface area contributed by atoms with Crippen LogP contribution in [0.4, 0.5) is 0 Å². The zero-order valence-electron chi connectivity index (χ0n) is 10.7. The van der Waals surface area contributed by atoms with E-state index in [0.29, 0.717) is 19.8 Å². The molecule has 1 aromatic rings. The van der Waals surface area contributed by atoms with Gasteiger partial charge in [0, 0.05) is 0 Å². The molecular formula is C14H20O3. The Kier molecular flexibility index (Phi) is 3.82. The average molecular weight is 236 g/mol. The maximum atomic E-state index is 10.4. The molecule has 0 radical (unpaired) electrons. The molecule has 0 saturated carbocycles. The second-order valence-electron chi connectivity index (χ2n) is 4.74. The lowest BCUT2D eigenvalue weighted by Crippen LogP contribution is -2.34. The third-order valence-electron chi connectivity index (χ3n) is 3.23. The monoisotopic (exact) mass is 236 g/mol. The van der Waals surface area contributed by atoms with Crippen LogP contribution in [0, 0.1) is 20.8 Å². The summed E-state index contributed by atoms with van der Waals surface area (Å²) in [5.41, 5.74) is 4.43. The molecule has 1 fully saturated rings. The molecule has 1 aliphatic heterocycles. The average Bonchev–Trinajstić information content (AvgIpc) is 2.28. The Balaban J connectivity index is 2.26. The molecule has 1 aliphatic rings. The van der Waals surface area contributed by atoms with Gasteiger partial charge in [-0.1, -0.05) is 17.7 Å². The van der Waals surface area contributed by atoms with Crippen LogP contribution in [-0.2, 0) is 9.47 Å². The summed E-state index contributed by atoms with van der Waals surface area (Å²) in [5.74, 6) is 0. The Morgan fingerprint density at radius 3 is 2.35 bits per heavy atom. The first-order valence-electron chi connectivity index (χ1n) is 6.04. The summed E-state index contributed by atoms with van der Waals surface area (Å²) in [5, 5.41) is 10.4. The summed E-state index contributed by atoms with van der Waals surface area (Å²) in [6, 6.07) is 4.18. The van der Waals surface area contributed by atoms with Gasteiger partial charge in [0.1, 0.15) is 12.2 Å². The van der Waals surface area contributed by atoms with Crippen molar-refractivity contribution in [2.45, 2.75) is 33.0 Å². The quantitative estimate of drug-likeness (QED) is 0.854. The molecule has 0 aromatic heterocycles. The fourth-order valence-corrected chi connectivity index (χ4v) is 2.53. The van der Waals surface area contributed by atoms with E-state index < -0.39 is 6.10 Å². The Bertz CT molecular complexity index is 371. The standard InChI is InChI=1S/C14H20O3/c1-9-6-10(2)13(11(3)7-9)14(15)12-8-16-4-5-17-12/h6-7,12,14-15H,4-5,8H2,1-3H3. The Hall–Kier alpha value is -0.900. The molecule has 3 nitrogen and oxygen atoms in total. The molecule has 1 N–H and O–H groups in total. The van der Waals surface area contributed by atoms with Crippen molar-refractivity contribution in [1.29, 1.82) is 0 Å². The number of aryl methyl sites for hydroxylation is 3. The van der Waals surface area contributed by atoms with Crippen molar-refractivity contribution in [3.63, 3.8) is 0 Å². The van der Waals surface area contributed by atoms with Crippen molar-refractivity contribution in [1.82, 2.24) is 0 Å². The topological polar surface area (TPSA) is 38.7 Å². The molecule has 17 heavy (non-hydrogen) atoms. The summed E-state index contributed by atoms with van der Waals surface area (Å²) in [4.78, 5) is 0. The number of aliphatic hydroxyl groups excluding tert-OH is 1. The van der Waals surface area contributed by atoms with Gasteiger partial charge in [0.25, 0.3) is 0 Å². The van der Waals surface area contributed by atoms with Crippen LogP contribution in [0.15, 0.2) is 12.1 Å². The third-order valence-corrected chi connectivity index (χ3v) is 3.23. The highest BCUT2D eigenvalue weighted by atomic mass is 16.6. The molecule has 0 amide bonds. The first kappa shape index (κ1) is 12.6. The number of hydrogen-bond donors (Lipinski definition) is 1. The summed E-state index contributed by atoms with van der Waals surface area (Å²) >= 11 is 0. The minimum atomic E-state index is -0.601. The van der Waals surface area contributed by atoms with Crippen molar-refractivity contribution >= 4 is 0 Å². The SMILES string of the molecule is Cc1cc(C)c(C(O)C2COCCO2)c(C)c1. The minimum absolute atomic E-state index is 0.246. The summed E-state index contributed by atoms with van der Waals surface area (Å²) < 4.78 is 10.9. The van der Waals surface area contributed by atoms with E-state index in [1.165, 1.54) is 5.56 Å². The van der Waals surface area contributed by atoms with Crippen LogP contribution in [0.25, 0.3) is 0 Å². The van der Waals surface area contributed by atoms with E-state index in [4.69, 9.17) is 9.47 Å². The molecular weight excluding hydrogens is 216 g/mol.